The Bertz CT molecular complexity index is 868. The minimum atomic E-state index is -4.48. The summed E-state index contributed by atoms with van der Waals surface area (Å²) < 4.78 is 46.0. The van der Waals surface area contributed by atoms with Gasteiger partial charge in [-0.2, -0.15) is 13.2 Å². The average molecular weight is 394 g/mol. The van der Waals surface area contributed by atoms with Gasteiger partial charge in [-0.05, 0) is 31.0 Å². The number of halogens is 3. The Morgan fingerprint density at radius 1 is 1.21 bits per heavy atom. The minimum absolute atomic E-state index is 0.000769. The van der Waals surface area contributed by atoms with E-state index in [0.29, 0.717) is 6.54 Å². The summed E-state index contributed by atoms with van der Waals surface area (Å²) in [5.41, 5.74) is 1.84. The molecule has 0 radical (unpaired) electrons. The highest BCUT2D eigenvalue weighted by Crippen LogP contribution is 2.28. The fourth-order valence-electron chi connectivity index (χ4n) is 2.81. The van der Waals surface area contributed by atoms with Gasteiger partial charge in [0.15, 0.2) is 12.7 Å². The number of aromatic nitrogens is 1. The molecule has 6 nitrogen and oxygen atoms in total. The lowest BCUT2D eigenvalue weighted by atomic mass is 10.2. The Morgan fingerprint density at radius 2 is 1.96 bits per heavy atom. The van der Waals surface area contributed by atoms with E-state index < -0.39 is 24.9 Å². The third-order valence-electron chi connectivity index (χ3n) is 4.14. The summed E-state index contributed by atoms with van der Waals surface area (Å²) in [6.45, 7) is 0.495. The quantitative estimate of drug-likeness (QED) is 0.729. The van der Waals surface area contributed by atoms with Gasteiger partial charge in [0.1, 0.15) is 0 Å². The molecule has 1 amide bonds. The van der Waals surface area contributed by atoms with E-state index >= 15 is 0 Å². The van der Waals surface area contributed by atoms with Crippen molar-refractivity contribution < 1.29 is 32.2 Å². The number of hydrogen-bond acceptors (Lipinski definition) is 5. The van der Waals surface area contributed by atoms with Gasteiger partial charge in [0.2, 0.25) is 5.88 Å². The highest BCUT2D eigenvalue weighted by molar-refractivity contribution is 6.00. The predicted octanol–water partition coefficient (Wildman–Crippen LogP) is 3.16. The highest BCUT2D eigenvalue weighted by atomic mass is 19.4. The number of nitrogens with zero attached hydrogens (tertiary/aromatic N) is 2. The summed E-state index contributed by atoms with van der Waals surface area (Å²) in [6, 6.07) is 9.85. The van der Waals surface area contributed by atoms with Crippen LogP contribution in [0.1, 0.15) is 22.8 Å². The van der Waals surface area contributed by atoms with Gasteiger partial charge in [-0.3, -0.25) is 4.79 Å². The number of esters is 1. The molecule has 2 aromatic rings. The van der Waals surface area contributed by atoms with Crippen LogP contribution in [0.5, 0.6) is 5.88 Å². The van der Waals surface area contributed by atoms with E-state index in [9.17, 15) is 22.8 Å². The second-order valence-corrected chi connectivity index (χ2v) is 6.21. The van der Waals surface area contributed by atoms with E-state index in [1.807, 2.05) is 24.3 Å². The van der Waals surface area contributed by atoms with Crippen LogP contribution in [0, 0.1) is 0 Å². The molecule has 0 unspecified atom stereocenters. The average Bonchev–Trinajstić information content (AvgIpc) is 3.09. The fraction of sp³-hybridized carbons (Fsp3) is 0.316. The first-order valence-electron chi connectivity index (χ1n) is 8.50. The van der Waals surface area contributed by atoms with Gasteiger partial charge in [-0.15, -0.1) is 0 Å². The maximum absolute atomic E-state index is 12.6. The van der Waals surface area contributed by atoms with Crippen LogP contribution in [0.3, 0.4) is 0 Å². The Hall–Kier alpha value is -3.10. The van der Waals surface area contributed by atoms with Crippen LogP contribution < -0.4 is 9.64 Å². The molecule has 28 heavy (non-hydrogen) atoms. The SMILES string of the molecule is C[C@@H](OC(=O)c1ccc(OCC(F)(F)F)nc1)C(=O)N1CCc2ccccc21. The van der Waals surface area contributed by atoms with E-state index in [2.05, 4.69) is 9.72 Å². The second kappa shape index (κ2) is 7.87. The molecule has 0 spiro atoms. The molecule has 0 aliphatic carbocycles. The van der Waals surface area contributed by atoms with Crippen LogP contribution in [-0.4, -0.2) is 42.3 Å². The van der Waals surface area contributed by atoms with Crippen molar-refractivity contribution in [3.05, 3.63) is 53.7 Å². The first-order valence-corrected chi connectivity index (χ1v) is 8.50. The standard InChI is InChI=1S/C19H17F3N2O4/c1-12(17(25)24-9-8-13-4-2-3-5-15(13)24)28-18(26)14-6-7-16(23-10-14)27-11-19(20,21)22/h2-7,10,12H,8-9,11H2,1H3/t12-/m1/s1. The number of fused-ring (bicyclic) bond motifs is 1. The maximum Gasteiger partial charge on any atom is 0.422 e. The Labute approximate surface area is 158 Å². The number of pyridine rings is 1. The zero-order valence-corrected chi connectivity index (χ0v) is 14.9. The van der Waals surface area contributed by atoms with Crippen LogP contribution in [-0.2, 0) is 16.0 Å². The predicted molar refractivity (Wildman–Crippen MR) is 93.2 cm³/mol. The molecule has 0 saturated heterocycles. The van der Waals surface area contributed by atoms with Gasteiger partial charge in [0.25, 0.3) is 5.91 Å². The second-order valence-electron chi connectivity index (χ2n) is 6.21. The number of alkyl halides is 3. The van der Waals surface area contributed by atoms with E-state index in [4.69, 9.17) is 4.74 Å². The molecule has 0 saturated carbocycles. The summed E-state index contributed by atoms with van der Waals surface area (Å²) in [7, 11) is 0. The molecular weight excluding hydrogens is 377 g/mol. The van der Waals surface area contributed by atoms with Gasteiger partial charge < -0.3 is 14.4 Å². The van der Waals surface area contributed by atoms with Gasteiger partial charge in [0.05, 0.1) is 5.56 Å². The molecule has 1 aromatic carbocycles. The van der Waals surface area contributed by atoms with Crippen molar-refractivity contribution in [2.75, 3.05) is 18.1 Å². The molecule has 1 aromatic heterocycles. The number of ether oxygens (including phenoxy) is 2. The van der Waals surface area contributed by atoms with Crippen molar-refractivity contribution in [2.45, 2.75) is 25.6 Å². The molecule has 1 aliphatic rings. The molecule has 0 N–H and O–H groups in total. The molecule has 148 valence electrons. The summed E-state index contributed by atoms with van der Waals surface area (Å²) >= 11 is 0. The number of para-hydroxylation sites is 1. The zero-order chi connectivity index (χ0) is 20.3. The van der Waals surface area contributed by atoms with Gasteiger partial charge >= 0.3 is 12.1 Å². The van der Waals surface area contributed by atoms with Crippen molar-refractivity contribution in [2.24, 2.45) is 0 Å². The normalized spacial score (nSPS) is 14.4. The molecule has 2 heterocycles. The number of amides is 1. The number of rotatable bonds is 5. The number of carbonyl (C=O) groups excluding carboxylic acids is 2. The number of benzene rings is 1. The van der Waals surface area contributed by atoms with Crippen LogP contribution in [0.15, 0.2) is 42.6 Å². The van der Waals surface area contributed by atoms with E-state index in [0.717, 1.165) is 29.9 Å². The smallest absolute Gasteiger partial charge is 0.422 e. The third-order valence-corrected chi connectivity index (χ3v) is 4.14. The Kier molecular flexibility index (Phi) is 5.53. The summed E-state index contributed by atoms with van der Waals surface area (Å²) in [4.78, 5) is 30.0. The molecule has 3 rings (SSSR count). The van der Waals surface area contributed by atoms with Crippen LogP contribution >= 0.6 is 0 Å². The van der Waals surface area contributed by atoms with Crippen molar-refractivity contribution in [1.29, 1.82) is 0 Å². The molecular formula is C19H17F3N2O4. The third kappa shape index (κ3) is 4.59. The summed E-state index contributed by atoms with van der Waals surface area (Å²) in [5, 5.41) is 0. The molecule has 1 atom stereocenters. The lowest BCUT2D eigenvalue weighted by Gasteiger charge is -2.21. The van der Waals surface area contributed by atoms with Crippen LogP contribution in [0.25, 0.3) is 0 Å². The van der Waals surface area contributed by atoms with Crippen LogP contribution in [0.2, 0.25) is 0 Å². The first-order chi connectivity index (χ1) is 13.2. The largest absolute Gasteiger partial charge is 0.468 e. The van der Waals surface area contributed by atoms with E-state index in [-0.39, 0.29) is 17.4 Å². The number of carbonyl (C=O) groups is 2. The molecule has 1 aliphatic heterocycles. The maximum atomic E-state index is 12.6. The zero-order valence-electron chi connectivity index (χ0n) is 14.9. The molecule has 0 fully saturated rings. The van der Waals surface area contributed by atoms with Crippen molar-refractivity contribution in [1.82, 2.24) is 4.98 Å². The summed E-state index contributed by atoms with van der Waals surface area (Å²) in [6.07, 6.45) is -3.74. The first kappa shape index (κ1) is 19.7. The van der Waals surface area contributed by atoms with Crippen molar-refractivity contribution >= 4 is 17.6 Å². The van der Waals surface area contributed by atoms with Gasteiger partial charge in [-0.1, -0.05) is 18.2 Å². The lowest BCUT2D eigenvalue weighted by molar-refractivity contribution is -0.154. The molecule has 0 bridgehead atoms. The van der Waals surface area contributed by atoms with Crippen molar-refractivity contribution in [3.63, 3.8) is 0 Å². The summed E-state index contributed by atoms with van der Waals surface area (Å²) in [5.74, 6) is -1.42. The number of anilines is 1. The lowest BCUT2D eigenvalue weighted by Crippen LogP contribution is -2.39. The van der Waals surface area contributed by atoms with Crippen molar-refractivity contribution in [3.8, 4) is 5.88 Å². The topological polar surface area (TPSA) is 68.7 Å². The number of hydrogen-bond donors (Lipinski definition) is 0. The fourth-order valence-corrected chi connectivity index (χ4v) is 2.81. The van der Waals surface area contributed by atoms with Gasteiger partial charge in [-0.25, -0.2) is 9.78 Å². The van der Waals surface area contributed by atoms with E-state index in [1.54, 1.807) is 4.90 Å². The Balaban J connectivity index is 1.59. The highest BCUT2D eigenvalue weighted by Gasteiger charge is 2.30. The molecule has 9 heteroatoms. The van der Waals surface area contributed by atoms with E-state index in [1.165, 1.54) is 13.0 Å². The monoisotopic (exact) mass is 394 g/mol. The van der Waals surface area contributed by atoms with Crippen LogP contribution in [0.4, 0.5) is 18.9 Å². The minimum Gasteiger partial charge on any atom is -0.468 e. The van der Waals surface area contributed by atoms with Gasteiger partial charge in [0, 0.05) is 24.5 Å². The Morgan fingerprint density at radius 3 is 2.64 bits per heavy atom.